The number of imidazole rings is 1. The molecule has 0 spiro atoms. The van der Waals surface area contributed by atoms with Gasteiger partial charge >= 0.3 is 6.09 Å². The van der Waals surface area contributed by atoms with Crippen LogP contribution in [0.4, 0.5) is 10.7 Å². The lowest BCUT2D eigenvalue weighted by atomic mass is 10.2. The first-order chi connectivity index (χ1) is 9.74. The second-order valence-corrected chi connectivity index (χ2v) is 5.09. The number of hydrogen-bond acceptors (Lipinski definition) is 3. The Kier molecular flexibility index (Phi) is 3.45. The quantitative estimate of drug-likeness (QED) is 0.786. The van der Waals surface area contributed by atoms with E-state index in [-0.39, 0.29) is 6.17 Å². The van der Waals surface area contributed by atoms with E-state index in [0.717, 1.165) is 36.7 Å². The molecule has 2 heterocycles. The molecule has 3 rings (SSSR count). The molecule has 1 fully saturated rings. The molecule has 1 atom stereocenters. The molecule has 6 heteroatoms. The van der Waals surface area contributed by atoms with Crippen molar-refractivity contribution in [1.82, 2.24) is 14.9 Å². The van der Waals surface area contributed by atoms with Crippen molar-refractivity contribution in [2.75, 3.05) is 11.9 Å². The SMILES string of the molecule is O=C(O)N1CCCCCC1Nc1nc2ccccc2[nH]1. The summed E-state index contributed by atoms with van der Waals surface area (Å²) in [4.78, 5) is 20.4. The van der Waals surface area contributed by atoms with E-state index in [9.17, 15) is 9.90 Å². The minimum Gasteiger partial charge on any atom is -0.465 e. The van der Waals surface area contributed by atoms with Crippen LogP contribution in [0.25, 0.3) is 11.0 Å². The van der Waals surface area contributed by atoms with Crippen LogP contribution >= 0.6 is 0 Å². The number of para-hydroxylation sites is 2. The van der Waals surface area contributed by atoms with Crippen molar-refractivity contribution in [2.24, 2.45) is 0 Å². The van der Waals surface area contributed by atoms with Gasteiger partial charge in [0.25, 0.3) is 0 Å². The van der Waals surface area contributed by atoms with Crippen LogP contribution in [-0.2, 0) is 0 Å². The lowest BCUT2D eigenvalue weighted by molar-refractivity contribution is 0.131. The molecular formula is C14H18N4O2. The van der Waals surface area contributed by atoms with Gasteiger partial charge in [0.05, 0.1) is 11.0 Å². The summed E-state index contributed by atoms with van der Waals surface area (Å²) in [5.74, 6) is 0.629. The molecule has 1 saturated heterocycles. The molecule has 3 N–H and O–H groups in total. The number of nitrogens with zero attached hydrogens (tertiary/aromatic N) is 2. The van der Waals surface area contributed by atoms with Crippen LogP contribution in [-0.4, -0.2) is 38.8 Å². The second kappa shape index (κ2) is 5.40. The number of carboxylic acid groups (broad SMARTS) is 1. The number of amides is 1. The van der Waals surface area contributed by atoms with Gasteiger partial charge in [-0.3, -0.25) is 4.90 Å². The predicted molar refractivity (Wildman–Crippen MR) is 76.7 cm³/mol. The zero-order valence-corrected chi connectivity index (χ0v) is 11.2. The normalized spacial score (nSPS) is 19.8. The molecular weight excluding hydrogens is 256 g/mol. The summed E-state index contributed by atoms with van der Waals surface area (Å²) in [7, 11) is 0. The summed E-state index contributed by atoms with van der Waals surface area (Å²) < 4.78 is 0. The van der Waals surface area contributed by atoms with Crippen LogP contribution in [0.1, 0.15) is 25.7 Å². The predicted octanol–water partition coefficient (Wildman–Crippen LogP) is 2.85. The maximum Gasteiger partial charge on any atom is 0.408 e. The molecule has 1 unspecified atom stereocenters. The van der Waals surface area contributed by atoms with Gasteiger partial charge in [0, 0.05) is 6.54 Å². The van der Waals surface area contributed by atoms with Crippen LogP contribution in [0.2, 0.25) is 0 Å². The van der Waals surface area contributed by atoms with E-state index in [1.54, 1.807) is 0 Å². The minimum atomic E-state index is -0.875. The van der Waals surface area contributed by atoms with E-state index < -0.39 is 6.09 Å². The molecule has 1 aliphatic rings. The molecule has 2 aromatic rings. The first kappa shape index (κ1) is 12.8. The fourth-order valence-corrected chi connectivity index (χ4v) is 2.67. The number of hydrogen-bond donors (Lipinski definition) is 3. The van der Waals surface area contributed by atoms with Gasteiger partial charge in [-0.2, -0.15) is 0 Å². The topological polar surface area (TPSA) is 81.2 Å². The van der Waals surface area contributed by atoms with Gasteiger partial charge in [0.15, 0.2) is 0 Å². The summed E-state index contributed by atoms with van der Waals surface area (Å²) in [6, 6.07) is 7.76. The summed E-state index contributed by atoms with van der Waals surface area (Å²) in [6.07, 6.45) is 2.74. The fourth-order valence-electron chi connectivity index (χ4n) is 2.67. The molecule has 20 heavy (non-hydrogen) atoms. The molecule has 1 aromatic carbocycles. The van der Waals surface area contributed by atoms with Gasteiger partial charge in [-0.05, 0) is 31.4 Å². The van der Waals surface area contributed by atoms with E-state index in [0.29, 0.717) is 12.5 Å². The third-order valence-corrected chi connectivity index (χ3v) is 3.69. The maximum atomic E-state index is 11.3. The van der Waals surface area contributed by atoms with Crippen LogP contribution in [0.5, 0.6) is 0 Å². The lowest BCUT2D eigenvalue weighted by Crippen LogP contribution is -2.43. The molecule has 1 aromatic heterocycles. The molecule has 6 nitrogen and oxygen atoms in total. The van der Waals surface area contributed by atoms with Crippen LogP contribution < -0.4 is 5.32 Å². The van der Waals surface area contributed by atoms with Gasteiger partial charge < -0.3 is 15.4 Å². The van der Waals surface area contributed by atoms with Crippen molar-refractivity contribution < 1.29 is 9.90 Å². The Morgan fingerprint density at radius 2 is 2.20 bits per heavy atom. The van der Waals surface area contributed by atoms with E-state index in [2.05, 4.69) is 15.3 Å². The number of H-pyrrole nitrogens is 1. The number of aromatic nitrogens is 2. The summed E-state index contributed by atoms with van der Waals surface area (Å²) in [6.45, 7) is 0.577. The Balaban J connectivity index is 1.81. The molecule has 0 aliphatic carbocycles. The Morgan fingerprint density at radius 1 is 1.35 bits per heavy atom. The van der Waals surface area contributed by atoms with E-state index in [1.807, 2.05) is 24.3 Å². The molecule has 106 valence electrons. The van der Waals surface area contributed by atoms with E-state index in [4.69, 9.17) is 0 Å². The third kappa shape index (κ3) is 2.54. The van der Waals surface area contributed by atoms with Crippen molar-refractivity contribution in [3.8, 4) is 0 Å². The smallest absolute Gasteiger partial charge is 0.408 e. The van der Waals surface area contributed by atoms with E-state index in [1.165, 1.54) is 4.90 Å². The van der Waals surface area contributed by atoms with Gasteiger partial charge in [-0.15, -0.1) is 0 Å². The number of nitrogens with one attached hydrogen (secondary N) is 2. The van der Waals surface area contributed by atoms with Crippen molar-refractivity contribution in [2.45, 2.75) is 31.8 Å². The first-order valence-electron chi connectivity index (χ1n) is 6.95. The number of likely N-dealkylation sites (tertiary alicyclic amines) is 1. The Morgan fingerprint density at radius 3 is 3.00 bits per heavy atom. The maximum absolute atomic E-state index is 11.3. The van der Waals surface area contributed by atoms with Crippen molar-refractivity contribution >= 4 is 23.1 Å². The standard InChI is InChI=1S/C14H18N4O2/c19-14(20)18-9-5-1-2-8-12(18)17-13-15-10-6-3-4-7-11(10)16-13/h3-4,6-7,12H,1-2,5,8-9H2,(H,19,20)(H2,15,16,17). The Labute approximate surface area is 116 Å². The van der Waals surface area contributed by atoms with Crippen molar-refractivity contribution in [3.05, 3.63) is 24.3 Å². The van der Waals surface area contributed by atoms with Gasteiger partial charge in [-0.1, -0.05) is 18.6 Å². The highest BCUT2D eigenvalue weighted by Crippen LogP contribution is 2.20. The monoisotopic (exact) mass is 274 g/mol. The van der Waals surface area contributed by atoms with Gasteiger partial charge in [-0.25, -0.2) is 9.78 Å². The zero-order valence-electron chi connectivity index (χ0n) is 11.2. The molecule has 0 bridgehead atoms. The molecule has 1 amide bonds. The third-order valence-electron chi connectivity index (χ3n) is 3.69. The van der Waals surface area contributed by atoms with Crippen molar-refractivity contribution in [3.63, 3.8) is 0 Å². The Bertz CT molecular complexity index is 577. The second-order valence-electron chi connectivity index (χ2n) is 5.09. The van der Waals surface area contributed by atoms with Crippen molar-refractivity contribution in [1.29, 1.82) is 0 Å². The highest BCUT2D eigenvalue weighted by Gasteiger charge is 2.25. The zero-order chi connectivity index (χ0) is 13.9. The van der Waals surface area contributed by atoms with Crippen LogP contribution in [0.3, 0.4) is 0 Å². The summed E-state index contributed by atoms with van der Waals surface area (Å²) in [5.41, 5.74) is 1.83. The Hall–Kier alpha value is -2.24. The number of fused-ring (bicyclic) bond motifs is 1. The van der Waals surface area contributed by atoms with Crippen LogP contribution in [0, 0.1) is 0 Å². The number of anilines is 1. The van der Waals surface area contributed by atoms with Crippen LogP contribution in [0.15, 0.2) is 24.3 Å². The average molecular weight is 274 g/mol. The van der Waals surface area contributed by atoms with Gasteiger partial charge in [0.1, 0.15) is 6.17 Å². The first-order valence-corrected chi connectivity index (χ1v) is 6.95. The largest absolute Gasteiger partial charge is 0.465 e. The number of aromatic amines is 1. The fraction of sp³-hybridized carbons (Fsp3) is 0.429. The number of rotatable bonds is 2. The highest BCUT2D eigenvalue weighted by molar-refractivity contribution is 5.77. The lowest BCUT2D eigenvalue weighted by Gasteiger charge is -2.27. The molecule has 0 radical (unpaired) electrons. The number of benzene rings is 1. The summed E-state index contributed by atoms with van der Waals surface area (Å²) >= 11 is 0. The summed E-state index contributed by atoms with van der Waals surface area (Å²) in [5, 5.41) is 12.5. The average Bonchev–Trinajstić information content (AvgIpc) is 2.68. The minimum absolute atomic E-state index is 0.212. The van der Waals surface area contributed by atoms with Gasteiger partial charge in [0.2, 0.25) is 5.95 Å². The number of carbonyl (C=O) groups is 1. The highest BCUT2D eigenvalue weighted by atomic mass is 16.4. The molecule has 0 saturated carbocycles. The van der Waals surface area contributed by atoms with E-state index >= 15 is 0 Å². The molecule has 1 aliphatic heterocycles.